The molecule has 0 spiro atoms. The fourth-order valence-electron chi connectivity index (χ4n) is 7.52. The van der Waals surface area contributed by atoms with Gasteiger partial charge in [0.25, 0.3) is 0 Å². The molecule has 0 aromatic carbocycles. The van der Waals surface area contributed by atoms with Crippen LogP contribution < -0.4 is 21.3 Å². The zero-order valence-corrected chi connectivity index (χ0v) is 31.5. The second-order valence-corrected chi connectivity index (χ2v) is 16.6. The Labute approximate surface area is 304 Å². The van der Waals surface area contributed by atoms with Crippen molar-refractivity contribution in [3.8, 4) is 6.07 Å². The fraction of sp³-hybridized carbons (Fsp3) is 0.657. The molecule has 0 saturated carbocycles. The van der Waals surface area contributed by atoms with Gasteiger partial charge in [-0.25, -0.2) is 14.6 Å². The van der Waals surface area contributed by atoms with Gasteiger partial charge >= 0.3 is 12.1 Å². The Morgan fingerprint density at radius 3 is 2.51 bits per heavy atom. The van der Waals surface area contributed by atoms with Gasteiger partial charge in [0.1, 0.15) is 28.2 Å². The van der Waals surface area contributed by atoms with E-state index in [9.17, 15) is 14.9 Å². The molecular formula is C35H51N11O4S. The lowest BCUT2D eigenvalue weighted by atomic mass is 9.72. The average Bonchev–Trinajstić information content (AvgIpc) is 3.29. The maximum absolute atomic E-state index is 13.6. The van der Waals surface area contributed by atoms with Gasteiger partial charge in [-0.15, -0.1) is 11.3 Å². The first-order valence-corrected chi connectivity index (χ1v) is 18.7. The minimum absolute atomic E-state index is 0.0341. The number of hydrogen-bond donors (Lipinski definition) is 2. The Kier molecular flexibility index (Phi) is 10.4. The molecule has 1 amide bonds. The van der Waals surface area contributed by atoms with Crippen molar-refractivity contribution in [3.63, 3.8) is 0 Å². The molecule has 16 heteroatoms. The molecule has 15 nitrogen and oxygen atoms in total. The summed E-state index contributed by atoms with van der Waals surface area (Å²) in [5.74, 6) is 0.662. The second kappa shape index (κ2) is 14.4. The minimum Gasteiger partial charge on any atom is -0.444 e. The number of fused-ring (bicyclic) bond motifs is 1. The van der Waals surface area contributed by atoms with E-state index >= 15 is 0 Å². The van der Waals surface area contributed by atoms with Crippen molar-refractivity contribution in [1.82, 2.24) is 24.7 Å². The first-order valence-electron chi connectivity index (χ1n) is 17.8. The van der Waals surface area contributed by atoms with Gasteiger partial charge in [0, 0.05) is 80.9 Å². The molecular weight excluding hydrogens is 671 g/mol. The predicted octanol–water partition coefficient (Wildman–Crippen LogP) is 2.72. The third-order valence-electron chi connectivity index (χ3n) is 10.4. The van der Waals surface area contributed by atoms with E-state index in [-0.39, 0.29) is 18.0 Å². The quantitative estimate of drug-likeness (QED) is 0.192. The van der Waals surface area contributed by atoms with Crippen LogP contribution in [0.5, 0.6) is 0 Å². The van der Waals surface area contributed by atoms with E-state index in [2.05, 4.69) is 44.8 Å². The number of amidine groups is 1. The summed E-state index contributed by atoms with van der Waals surface area (Å²) in [6.45, 7) is 16.5. The first-order chi connectivity index (χ1) is 24.2. The topological polar surface area (TPSA) is 183 Å². The summed E-state index contributed by atoms with van der Waals surface area (Å²) >= 11 is 1.36. The van der Waals surface area contributed by atoms with Crippen LogP contribution in [0.1, 0.15) is 75.6 Å². The lowest BCUT2D eigenvalue weighted by Crippen LogP contribution is -2.64. The highest BCUT2D eigenvalue weighted by atomic mass is 32.1. The third kappa shape index (κ3) is 7.70. The highest BCUT2D eigenvalue weighted by Crippen LogP contribution is 2.46. The number of nitrogens with zero attached hydrogens (tertiary/aromatic N) is 9. The van der Waals surface area contributed by atoms with Gasteiger partial charge in [-0.3, -0.25) is 4.90 Å². The van der Waals surface area contributed by atoms with Crippen LogP contribution in [-0.4, -0.2) is 126 Å². The zero-order chi connectivity index (χ0) is 36.7. The smallest absolute Gasteiger partial charge is 0.410 e. The average molecular weight is 722 g/mol. The summed E-state index contributed by atoms with van der Waals surface area (Å²) in [5, 5.41) is 14.3. The summed E-state index contributed by atoms with van der Waals surface area (Å²) in [5.41, 5.74) is 12.4. The summed E-state index contributed by atoms with van der Waals surface area (Å²) in [4.78, 5) is 53.5. The second-order valence-electron chi connectivity index (χ2n) is 15.4. The van der Waals surface area contributed by atoms with Gasteiger partial charge in [-0.05, 0) is 73.9 Å². The van der Waals surface area contributed by atoms with Crippen LogP contribution in [0.15, 0.2) is 11.2 Å². The van der Waals surface area contributed by atoms with E-state index < -0.39 is 17.0 Å². The third-order valence-corrected chi connectivity index (χ3v) is 11.4. The van der Waals surface area contributed by atoms with E-state index in [0.29, 0.717) is 53.3 Å². The van der Waals surface area contributed by atoms with Crippen molar-refractivity contribution in [2.45, 2.75) is 83.4 Å². The van der Waals surface area contributed by atoms with E-state index in [4.69, 9.17) is 31.0 Å². The van der Waals surface area contributed by atoms with Crippen LogP contribution in [0.2, 0.25) is 0 Å². The van der Waals surface area contributed by atoms with Gasteiger partial charge in [-0.1, -0.05) is 5.16 Å². The molecule has 4 N–H and O–H groups in total. The van der Waals surface area contributed by atoms with Crippen molar-refractivity contribution in [2.24, 2.45) is 10.9 Å². The van der Waals surface area contributed by atoms with Crippen molar-refractivity contribution in [3.05, 3.63) is 27.8 Å². The first kappa shape index (κ1) is 36.6. The summed E-state index contributed by atoms with van der Waals surface area (Å²) in [6, 6.07) is 4.46. The molecule has 0 radical (unpaired) electrons. The molecule has 2 atom stereocenters. The van der Waals surface area contributed by atoms with Crippen LogP contribution >= 0.6 is 11.3 Å². The van der Waals surface area contributed by atoms with Crippen LogP contribution in [0.4, 0.5) is 21.6 Å². The number of amides is 1. The number of ether oxygens (including phenoxy) is 1. The lowest BCUT2D eigenvalue weighted by molar-refractivity contribution is -0.150. The monoisotopic (exact) mass is 721 g/mol. The van der Waals surface area contributed by atoms with Crippen molar-refractivity contribution < 1.29 is 19.2 Å². The maximum Gasteiger partial charge on any atom is 0.410 e. The van der Waals surface area contributed by atoms with E-state index in [1.54, 1.807) is 17.9 Å². The van der Waals surface area contributed by atoms with Crippen LogP contribution in [0.3, 0.4) is 0 Å². The number of aromatic nitrogens is 2. The normalized spacial score (nSPS) is 24.0. The molecule has 3 fully saturated rings. The number of piperazine rings is 1. The van der Waals surface area contributed by atoms with E-state index in [1.165, 1.54) is 11.3 Å². The number of anilines is 3. The Hall–Kier alpha value is -4.20. The number of oxime groups is 1. The van der Waals surface area contributed by atoms with Gasteiger partial charge in [0.05, 0.1) is 11.0 Å². The summed E-state index contributed by atoms with van der Waals surface area (Å²) < 4.78 is 5.57. The van der Waals surface area contributed by atoms with Gasteiger partial charge in [0.2, 0.25) is 5.95 Å². The molecule has 4 aliphatic rings. The maximum atomic E-state index is 13.6. The van der Waals surface area contributed by atoms with Gasteiger partial charge in [0.15, 0.2) is 5.84 Å². The Morgan fingerprint density at radius 1 is 1.10 bits per heavy atom. The van der Waals surface area contributed by atoms with Gasteiger partial charge in [-0.2, -0.15) is 10.2 Å². The standard InChI is InChI=1S/C35H51N11O4S/c1-22-19-42(6)11-8-12-46(22)32-39-25(29(37)41-50-31(47)35(5)10-7-9-26-28(35)24(18-36)30(38)51-26)17-27(40-32)45-20-23(21-45)43-13-15-44(16-14-43)33(48)49-34(2,3)4/h17,22-23H,7-16,19-21,38H2,1-6H3,(H2,37,41)/t22-,35-/m0/s1. The van der Waals surface area contributed by atoms with E-state index in [1.807, 2.05) is 20.8 Å². The lowest BCUT2D eigenvalue weighted by Gasteiger charge is -2.48. The molecule has 51 heavy (non-hydrogen) atoms. The number of nitriles is 1. The predicted molar refractivity (Wildman–Crippen MR) is 197 cm³/mol. The number of hydrogen-bond acceptors (Lipinski definition) is 14. The van der Waals surface area contributed by atoms with Crippen molar-refractivity contribution in [2.75, 3.05) is 81.5 Å². The number of thiophene rings is 1. The number of rotatable bonds is 6. The largest absolute Gasteiger partial charge is 0.444 e. The fourth-order valence-corrected chi connectivity index (χ4v) is 8.71. The van der Waals surface area contributed by atoms with Crippen LogP contribution in [-0.2, 0) is 26.2 Å². The SMILES string of the molecule is C[C@H]1CN(C)CCCN1c1nc(/C(N)=N/OC(=O)[C@@]2(C)CCCc3sc(N)c(C#N)c32)cc(N2CC(N3CCN(C(=O)OC(C)(C)C)CC3)C2)n1. The number of carbonyl (C=O) groups is 2. The summed E-state index contributed by atoms with van der Waals surface area (Å²) in [6.07, 6.45) is 2.73. The molecule has 3 saturated heterocycles. The molecule has 276 valence electrons. The Balaban J connectivity index is 1.19. The number of nitrogens with two attached hydrogens (primary N) is 2. The molecule has 0 bridgehead atoms. The molecule has 1 aliphatic carbocycles. The Morgan fingerprint density at radius 2 is 1.82 bits per heavy atom. The minimum atomic E-state index is -1.07. The molecule has 2 aromatic rings. The van der Waals surface area contributed by atoms with Crippen molar-refractivity contribution in [1.29, 1.82) is 5.26 Å². The molecule has 2 aromatic heterocycles. The molecule has 0 unspecified atom stereocenters. The Bertz CT molecular complexity index is 1700. The number of nitrogen functional groups attached to an aromatic ring is 1. The number of carbonyl (C=O) groups excluding carboxylic acids is 2. The van der Waals surface area contributed by atoms with Crippen molar-refractivity contribution >= 4 is 46.0 Å². The van der Waals surface area contributed by atoms with Crippen LogP contribution in [0, 0.1) is 11.3 Å². The highest BCUT2D eigenvalue weighted by molar-refractivity contribution is 7.16. The number of aryl methyl sites for hydroxylation is 1. The molecule has 5 heterocycles. The number of likely N-dealkylation sites (N-methyl/N-ethyl adjacent to an activating group) is 1. The van der Waals surface area contributed by atoms with E-state index in [0.717, 1.165) is 75.8 Å². The highest BCUT2D eigenvalue weighted by Gasteiger charge is 2.45. The zero-order valence-electron chi connectivity index (χ0n) is 30.6. The van der Waals surface area contributed by atoms with Crippen LogP contribution in [0.25, 0.3) is 0 Å². The molecule has 3 aliphatic heterocycles. The summed E-state index contributed by atoms with van der Waals surface area (Å²) in [7, 11) is 2.12. The van der Waals surface area contributed by atoms with Gasteiger partial charge < -0.3 is 40.6 Å². The molecule has 6 rings (SSSR count).